The Morgan fingerprint density at radius 1 is 0.733 bits per heavy atom. The molecule has 0 aliphatic carbocycles. The van der Waals surface area contributed by atoms with Gasteiger partial charge in [-0.05, 0) is 33.3 Å². The lowest BCUT2D eigenvalue weighted by Gasteiger charge is -2.38. The highest BCUT2D eigenvalue weighted by Gasteiger charge is 2.39. The van der Waals surface area contributed by atoms with Gasteiger partial charge in [-0.15, -0.1) is 0 Å². The van der Waals surface area contributed by atoms with E-state index in [0.717, 1.165) is 23.1 Å². The van der Waals surface area contributed by atoms with Gasteiger partial charge in [0.15, 0.2) is 0 Å². The van der Waals surface area contributed by atoms with Gasteiger partial charge in [0.1, 0.15) is 5.60 Å². The smallest absolute Gasteiger partial charge is 0.144 e. The van der Waals surface area contributed by atoms with Crippen molar-refractivity contribution in [1.29, 1.82) is 0 Å². The van der Waals surface area contributed by atoms with Crippen LogP contribution in [-0.2, 0) is 10.3 Å². The minimum absolute atomic E-state index is 0.0411. The molecule has 1 atom stereocenters. The highest BCUT2D eigenvalue weighted by molar-refractivity contribution is 14.1. The van der Waals surface area contributed by atoms with Crippen molar-refractivity contribution in [3.8, 4) is 0 Å². The molecule has 0 aliphatic heterocycles. The predicted octanol–water partition coefficient (Wildman–Crippen LogP) is 8.28. The first kappa shape index (κ1) is 22.8. The molecule has 3 aromatic carbocycles. The highest BCUT2D eigenvalue weighted by Crippen LogP contribution is 2.42. The molecule has 0 aliphatic rings. The normalized spacial score (nSPS) is 12.9. The maximum Gasteiger partial charge on any atom is 0.144 e. The molecule has 1 nitrogen and oxygen atoms in total. The van der Waals surface area contributed by atoms with E-state index in [1.807, 2.05) is 0 Å². The Kier molecular flexibility index (Phi) is 9.16. The van der Waals surface area contributed by atoms with Gasteiger partial charge in [0.2, 0.25) is 0 Å². The lowest BCUT2D eigenvalue weighted by atomic mass is 9.79. The third-order valence-corrected chi connectivity index (χ3v) is 5.91. The van der Waals surface area contributed by atoms with Crippen LogP contribution in [0.5, 0.6) is 0 Å². The third-order valence-electron chi connectivity index (χ3n) is 5.50. The zero-order valence-corrected chi connectivity index (χ0v) is 19.9. The molecule has 0 spiro atoms. The Bertz CT molecular complexity index is 778. The molecule has 1 unspecified atom stereocenters. The van der Waals surface area contributed by atoms with Crippen molar-refractivity contribution in [3.63, 3.8) is 0 Å². The lowest BCUT2D eigenvalue weighted by molar-refractivity contribution is -0.0285. The summed E-state index contributed by atoms with van der Waals surface area (Å²) in [6, 6.07) is 31.9. The highest BCUT2D eigenvalue weighted by atomic mass is 127. The molecule has 0 bridgehead atoms. The average Bonchev–Trinajstić information content (AvgIpc) is 2.82. The molecule has 0 saturated heterocycles. The Hall–Kier alpha value is -1.91. The van der Waals surface area contributed by atoms with E-state index in [1.165, 1.54) is 25.7 Å². The summed E-state index contributed by atoms with van der Waals surface area (Å²) in [4.78, 5) is 0. The fraction of sp³-hybridized carbons (Fsp3) is 0.286. The summed E-state index contributed by atoms with van der Waals surface area (Å²) in [6.07, 6.45) is 8.22. The summed E-state index contributed by atoms with van der Waals surface area (Å²) in [5.74, 6) is 0. The third kappa shape index (κ3) is 5.61. The van der Waals surface area contributed by atoms with E-state index in [-0.39, 0.29) is 6.10 Å². The number of ether oxygens (including phenoxy) is 1. The number of benzene rings is 3. The summed E-state index contributed by atoms with van der Waals surface area (Å²) >= 11 is 2.31. The molecule has 156 valence electrons. The van der Waals surface area contributed by atoms with E-state index < -0.39 is 5.60 Å². The summed E-state index contributed by atoms with van der Waals surface area (Å²) in [5, 5.41) is 0. The van der Waals surface area contributed by atoms with Gasteiger partial charge in [-0.3, -0.25) is 0 Å². The quantitative estimate of drug-likeness (QED) is 0.143. The number of hydrogen-bond donors (Lipinski definition) is 0. The predicted molar refractivity (Wildman–Crippen MR) is 136 cm³/mol. The van der Waals surface area contributed by atoms with Crippen molar-refractivity contribution in [3.05, 3.63) is 118 Å². The Labute approximate surface area is 195 Å². The van der Waals surface area contributed by atoms with Gasteiger partial charge in [-0.25, -0.2) is 0 Å². The fourth-order valence-corrected chi connectivity index (χ4v) is 4.46. The van der Waals surface area contributed by atoms with Crippen LogP contribution >= 0.6 is 22.6 Å². The minimum Gasteiger partial charge on any atom is -0.354 e. The van der Waals surface area contributed by atoms with E-state index in [0.29, 0.717) is 0 Å². The average molecular weight is 510 g/mol. The Morgan fingerprint density at radius 3 is 1.60 bits per heavy atom. The molecule has 3 aromatic rings. The van der Waals surface area contributed by atoms with Crippen LogP contribution in [0.3, 0.4) is 0 Å². The van der Waals surface area contributed by atoms with Crippen LogP contribution in [0.1, 0.15) is 55.7 Å². The second-order valence-corrected chi connectivity index (χ2v) is 8.32. The zero-order valence-electron chi connectivity index (χ0n) is 17.7. The van der Waals surface area contributed by atoms with Crippen molar-refractivity contribution in [2.45, 2.75) is 50.7 Å². The largest absolute Gasteiger partial charge is 0.354 e. The van der Waals surface area contributed by atoms with Gasteiger partial charge in [-0.2, -0.15) is 0 Å². The number of unbranched alkanes of at least 4 members (excludes halogenated alkanes) is 3. The van der Waals surface area contributed by atoms with Crippen LogP contribution < -0.4 is 0 Å². The summed E-state index contributed by atoms with van der Waals surface area (Å²) in [6.45, 7) is 2.25. The molecule has 0 heterocycles. The van der Waals surface area contributed by atoms with Crippen LogP contribution in [-0.4, -0.2) is 6.10 Å². The molecule has 30 heavy (non-hydrogen) atoms. The van der Waals surface area contributed by atoms with E-state index in [2.05, 4.69) is 131 Å². The van der Waals surface area contributed by atoms with E-state index >= 15 is 0 Å². The van der Waals surface area contributed by atoms with Crippen LogP contribution in [0, 0.1) is 0 Å². The lowest BCUT2D eigenvalue weighted by Crippen LogP contribution is -2.36. The number of halogens is 1. The van der Waals surface area contributed by atoms with Gasteiger partial charge in [0.05, 0.1) is 6.10 Å². The van der Waals surface area contributed by atoms with E-state index in [4.69, 9.17) is 4.74 Å². The Balaban J connectivity index is 2.10. The SMILES string of the molecule is CCCCCCC(/C=C/I)OC(c1ccccc1)(c1ccccc1)c1ccccc1. The van der Waals surface area contributed by atoms with E-state index in [1.54, 1.807) is 0 Å². The number of hydrogen-bond acceptors (Lipinski definition) is 1. The first-order chi connectivity index (χ1) is 14.8. The second-order valence-electron chi connectivity index (χ2n) is 7.60. The monoisotopic (exact) mass is 510 g/mol. The molecule has 0 fully saturated rings. The molecule has 0 amide bonds. The molecular weight excluding hydrogens is 479 g/mol. The molecule has 3 rings (SSSR count). The van der Waals surface area contributed by atoms with Crippen molar-refractivity contribution in [2.24, 2.45) is 0 Å². The summed E-state index contributed by atoms with van der Waals surface area (Å²) in [7, 11) is 0. The summed E-state index contributed by atoms with van der Waals surface area (Å²) < 4.78 is 9.22. The van der Waals surface area contributed by atoms with Crippen LogP contribution in [0.4, 0.5) is 0 Å². The van der Waals surface area contributed by atoms with Crippen molar-refractivity contribution < 1.29 is 4.74 Å². The minimum atomic E-state index is -0.657. The van der Waals surface area contributed by atoms with E-state index in [9.17, 15) is 0 Å². The molecule has 0 radical (unpaired) electrons. The molecule has 0 saturated carbocycles. The number of rotatable bonds is 11. The van der Waals surface area contributed by atoms with Gasteiger partial charge in [0, 0.05) is 0 Å². The second kappa shape index (κ2) is 12.1. The van der Waals surface area contributed by atoms with Gasteiger partial charge in [-0.1, -0.05) is 146 Å². The maximum absolute atomic E-state index is 7.13. The molecule has 0 N–H and O–H groups in total. The molecular formula is C28H31IO. The first-order valence-corrected chi connectivity index (χ1v) is 12.2. The van der Waals surface area contributed by atoms with Crippen molar-refractivity contribution in [1.82, 2.24) is 0 Å². The first-order valence-electron chi connectivity index (χ1n) is 10.9. The van der Waals surface area contributed by atoms with Gasteiger partial charge in [0.25, 0.3) is 0 Å². The van der Waals surface area contributed by atoms with Crippen molar-refractivity contribution >= 4 is 22.6 Å². The molecule has 2 heteroatoms. The molecule has 0 aromatic heterocycles. The standard InChI is InChI=1S/C28H31IO/c1-2-3-4-14-21-27(22-23-29)30-28(24-15-8-5-9-16-24,25-17-10-6-11-18-25)26-19-12-7-13-20-26/h5-13,15-20,22-23,27H,2-4,14,21H2,1H3/b23-22+. The van der Waals surface area contributed by atoms with Crippen LogP contribution in [0.15, 0.2) is 101 Å². The Morgan fingerprint density at radius 2 is 1.20 bits per heavy atom. The van der Waals surface area contributed by atoms with Gasteiger partial charge >= 0.3 is 0 Å². The van der Waals surface area contributed by atoms with Gasteiger partial charge < -0.3 is 4.74 Å². The maximum atomic E-state index is 7.13. The summed E-state index contributed by atoms with van der Waals surface area (Å²) in [5.41, 5.74) is 2.81. The zero-order chi connectivity index (χ0) is 21.1. The van der Waals surface area contributed by atoms with Crippen molar-refractivity contribution in [2.75, 3.05) is 0 Å². The van der Waals surface area contributed by atoms with Crippen LogP contribution in [0.25, 0.3) is 0 Å². The van der Waals surface area contributed by atoms with Crippen LogP contribution in [0.2, 0.25) is 0 Å². The topological polar surface area (TPSA) is 9.23 Å². The fourth-order valence-electron chi connectivity index (χ4n) is 4.00.